The fourth-order valence-electron chi connectivity index (χ4n) is 2.74. The van der Waals surface area contributed by atoms with Crippen LogP contribution in [0.25, 0.3) is 5.69 Å². The molecule has 5 nitrogen and oxygen atoms in total. The lowest BCUT2D eigenvalue weighted by molar-refractivity contribution is 0.0734. The van der Waals surface area contributed by atoms with Gasteiger partial charge in [-0.15, -0.1) is 12.4 Å². The Morgan fingerprint density at radius 1 is 1.26 bits per heavy atom. The number of carbonyl (C=O) groups excluding carboxylic acids is 1. The van der Waals surface area contributed by atoms with Crippen LogP contribution in [0.1, 0.15) is 23.0 Å². The summed E-state index contributed by atoms with van der Waals surface area (Å²) in [5.74, 6) is -0.266. The Bertz CT molecular complexity index is 665. The van der Waals surface area contributed by atoms with Crippen molar-refractivity contribution in [1.29, 1.82) is 0 Å². The Labute approximate surface area is 140 Å². The molecule has 1 fully saturated rings. The van der Waals surface area contributed by atoms with Gasteiger partial charge in [-0.2, -0.15) is 5.10 Å². The maximum atomic E-state index is 13.1. The van der Waals surface area contributed by atoms with Gasteiger partial charge in [-0.3, -0.25) is 4.79 Å². The maximum Gasteiger partial charge on any atom is 0.257 e. The molecular formula is C16H20ClFN4O. The number of nitrogens with zero attached hydrogens (tertiary/aromatic N) is 3. The fraction of sp³-hybridized carbons (Fsp3) is 0.375. The molecule has 0 atom stereocenters. The fourth-order valence-corrected chi connectivity index (χ4v) is 2.74. The standard InChI is InChI=1S/C16H19FN4O.ClH/c1-2-15-14(16(22)20-9-7-18-8-10-20)11-19-21(15)13-5-3-12(17)4-6-13;/h3-6,11,18H,2,7-10H2,1H3;1H. The minimum absolute atomic E-state index is 0. The summed E-state index contributed by atoms with van der Waals surface area (Å²) in [5.41, 5.74) is 2.25. The molecule has 0 spiro atoms. The third-order valence-corrected chi connectivity index (χ3v) is 3.91. The number of piperazine rings is 1. The number of amides is 1. The van der Waals surface area contributed by atoms with E-state index in [1.807, 2.05) is 11.8 Å². The van der Waals surface area contributed by atoms with Gasteiger partial charge >= 0.3 is 0 Å². The van der Waals surface area contributed by atoms with Crippen molar-refractivity contribution in [3.05, 3.63) is 47.5 Å². The van der Waals surface area contributed by atoms with Crippen LogP contribution >= 0.6 is 12.4 Å². The summed E-state index contributed by atoms with van der Waals surface area (Å²) in [6.07, 6.45) is 2.30. The van der Waals surface area contributed by atoms with Crippen molar-refractivity contribution in [1.82, 2.24) is 20.0 Å². The first-order chi connectivity index (χ1) is 10.7. The van der Waals surface area contributed by atoms with Crippen molar-refractivity contribution in [2.45, 2.75) is 13.3 Å². The second-order valence-electron chi connectivity index (χ2n) is 5.29. The summed E-state index contributed by atoms with van der Waals surface area (Å²) in [7, 11) is 0. The predicted molar refractivity (Wildman–Crippen MR) is 88.9 cm³/mol. The van der Waals surface area contributed by atoms with Gasteiger partial charge in [0.1, 0.15) is 5.82 Å². The first kappa shape index (κ1) is 17.4. The van der Waals surface area contributed by atoms with Gasteiger partial charge in [0.2, 0.25) is 0 Å². The second kappa shape index (κ2) is 7.57. The lowest BCUT2D eigenvalue weighted by Gasteiger charge is -2.27. The predicted octanol–water partition coefficient (Wildman–Crippen LogP) is 2.04. The van der Waals surface area contributed by atoms with Crippen LogP contribution in [0.3, 0.4) is 0 Å². The Kier molecular flexibility index (Phi) is 5.74. The number of benzene rings is 1. The van der Waals surface area contributed by atoms with Gasteiger partial charge in [0, 0.05) is 26.2 Å². The lowest BCUT2D eigenvalue weighted by atomic mass is 10.1. The molecule has 2 heterocycles. The first-order valence-corrected chi connectivity index (χ1v) is 7.53. The largest absolute Gasteiger partial charge is 0.336 e. The van der Waals surface area contributed by atoms with Crippen LogP contribution in [0.5, 0.6) is 0 Å². The number of nitrogens with one attached hydrogen (secondary N) is 1. The summed E-state index contributed by atoms with van der Waals surface area (Å²) in [5, 5.41) is 7.57. The van der Waals surface area contributed by atoms with E-state index in [0.717, 1.165) is 24.5 Å². The molecule has 1 N–H and O–H groups in total. The molecule has 0 saturated carbocycles. The SMILES string of the molecule is CCc1c(C(=O)N2CCNCC2)cnn1-c1ccc(F)cc1.Cl. The molecule has 1 aliphatic rings. The Morgan fingerprint density at radius 3 is 2.52 bits per heavy atom. The normalized spacial score (nSPS) is 14.4. The van der Waals surface area contributed by atoms with Gasteiger partial charge in [-0.05, 0) is 30.7 Å². The maximum absolute atomic E-state index is 13.1. The van der Waals surface area contributed by atoms with Gasteiger partial charge < -0.3 is 10.2 Å². The van der Waals surface area contributed by atoms with Crippen LogP contribution in [0.2, 0.25) is 0 Å². The van der Waals surface area contributed by atoms with Crippen LogP contribution in [0.15, 0.2) is 30.5 Å². The average Bonchev–Trinajstić information content (AvgIpc) is 2.99. The molecule has 1 saturated heterocycles. The van der Waals surface area contributed by atoms with Crippen molar-refractivity contribution in [3.8, 4) is 5.69 Å². The van der Waals surface area contributed by atoms with Crippen LogP contribution < -0.4 is 5.32 Å². The molecular weight excluding hydrogens is 319 g/mol. The number of hydrogen-bond donors (Lipinski definition) is 1. The molecule has 1 aromatic heterocycles. The van der Waals surface area contributed by atoms with Crippen molar-refractivity contribution in [2.75, 3.05) is 26.2 Å². The van der Waals surface area contributed by atoms with Crippen molar-refractivity contribution >= 4 is 18.3 Å². The lowest BCUT2D eigenvalue weighted by Crippen LogP contribution is -2.46. The highest BCUT2D eigenvalue weighted by Gasteiger charge is 2.23. The van der Waals surface area contributed by atoms with Crippen molar-refractivity contribution in [3.63, 3.8) is 0 Å². The van der Waals surface area contributed by atoms with E-state index in [2.05, 4.69) is 10.4 Å². The van der Waals surface area contributed by atoms with E-state index in [1.54, 1.807) is 23.0 Å². The van der Waals surface area contributed by atoms with Gasteiger partial charge in [0.15, 0.2) is 0 Å². The monoisotopic (exact) mass is 338 g/mol. The van der Waals surface area contributed by atoms with Crippen molar-refractivity contribution in [2.24, 2.45) is 0 Å². The van der Waals surface area contributed by atoms with Gasteiger partial charge in [0.05, 0.1) is 23.1 Å². The minimum atomic E-state index is -0.286. The highest BCUT2D eigenvalue weighted by molar-refractivity contribution is 5.95. The van der Waals surface area contributed by atoms with E-state index in [4.69, 9.17) is 0 Å². The summed E-state index contributed by atoms with van der Waals surface area (Å²) >= 11 is 0. The van der Waals surface area contributed by atoms with Gasteiger partial charge in [-0.1, -0.05) is 6.92 Å². The molecule has 1 aromatic carbocycles. The highest BCUT2D eigenvalue weighted by Crippen LogP contribution is 2.18. The molecule has 0 radical (unpaired) electrons. The van der Waals surface area contributed by atoms with Crippen LogP contribution in [0.4, 0.5) is 4.39 Å². The van der Waals surface area contributed by atoms with E-state index >= 15 is 0 Å². The topological polar surface area (TPSA) is 50.2 Å². The Balaban J connectivity index is 0.00000192. The minimum Gasteiger partial charge on any atom is -0.336 e. The second-order valence-corrected chi connectivity index (χ2v) is 5.29. The zero-order valence-electron chi connectivity index (χ0n) is 13.0. The molecule has 0 aliphatic carbocycles. The molecule has 0 unspecified atom stereocenters. The van der Waals surface area contributed by atoms with E-state index in [-0.39, 0.29) is 24.1 Å². The molecule has 1 amide bonds. The Morgan fingerprint density at radius 2 is 1.91 bits per heavy atom. The molecule has 3 rings (SSSR count). The van der Waals surface area contributed by atoms with E-state index in [1.165, 1.54) is 12.1 Å². The van der Waals surface area contributed by atoms with Crippen LogP contribution in [-0.2, 0) is 6.42 Å². The summed E-state index contributed by atoms with van der Waals surface area (Å²) in [6, 6.07) is 6.13. The average molecular weight is 339 g/mol. The zero-order valence-corrected chi connectivity index (χ0v) is 13.8. The van der Waals surface area contributed by atoms with Crippen molar-refractivity contribution < 1.29 is 9.18 Å². The molecule has 7 heteroatoms. The molecule has 0 bridgehead atoms. The van der Waals surface area contributed by atoms with Gasteiger partial charge in [-0.25, -0.2) is 9.07 Å². The van der Waals surface area contributed by atoms with E-state index in [9.17, 15) is 9.18 Å². The quantitative estimate of drug-likeness (QED) is 0.931. The van der Waals surface area contributed by atoms with Gasteiger partial charge in [0.25, 0.3) is 5.91 Å². The molecule has 23 heavy (non-hydrogen) atoms. The summed E-state index contributed by atoms with van der Waals surface area (Å²) in [6.45, 7) is 5.05. The number of rotatable bonds is 3. The number of halogens is 2. The Hall–Kier alpha value is -1.92. The van der Waals surface area contributed by atoms with E-state index < -0.39 is 0 Å². The first-order valence-electron chi connectivity index (χ1n) is 7.53. The number of aromatic nitrogens is 2. The smallest absolute Gasteiger partial charge is 0.257 e. The molecule has 1 aliphatic heterocycles. The number of hydrogen-bond acceptors (Lipinski definition) is 3. The highest BCUT2D eigenvalue weighted by atomic mass is 35.5. The third kappa shape index (κ3) is 3.54. The van der Waals surface area contributed by atoms with Crippen LogP contribution in [0, 0.1) is 5.82 Å². The molecule has 124 valence electrons. The summed E-state index contributed by atoms with van der Waals surface area (Å²) in [4.78, 5) is 14.5. The number of carbonyl (C=O) groups is 1. The van der Waals surface area contributed by atoms with Crippen LogP contribution in [-0.4, -0.2) is 46.8 Å². The zero-order chi connectivity index (χ0) is 15.5. The molecule has 2 aromatic rings. The third-order valence-electron chi connectivity index (χ3n) is 3.91. The van der Waals surface area contributed by atoms with E-state index in [0.29, 0.717) is 25.1 Å². The summed E-state index contributed by atoms with van der Waals surface area (Å²) < 4.78 is 14.8.